The third-order valence-corrected chi connectivity index (χ3v) is 1.11. The smallest absolute Gasteiger partial charge is 0.249 e. The highest BCUT2D eigenvalue weighted by atomic mass is 16.1. The molecule has 1 rings (SSSR count). The van der Waals surface area contributed by atoms with Gasteiger partial charge in [-0.2, -0.15) is 0 Å². The molecule has 9 heavy (non-hydrogen) atoms. The van der Waals surface area contributed by atoms with E-state index >= 15 is 0 Å². The normalized spacial score (nSPS) is 19.0. The maximum atomic E-state index is 10.6. The fourth-order valence-electron chi connectivity index (χ4n) is 0.783. The van der Waals surface area contributed by atoms with Crippen LogP contribution in [0.4, 0.5) is 0 Å². The summed E-state index contributed by atoms with van der Waals surface area (Å²) in [4.78, 5) is 10.6. The van der Waals surface area contributed by atoms with Crippen molar-refractivity contribution in [2.75, 3.05) is 0 Å². The number of rotatable bonds is 0. The Kier molecular flexibility index (Phi) is 1.34. The highest BCUT2D eigenvalue weighted by Crippen LogP contribution is 2.03. The summed E-state index contributed by atoms with van der Waals surface area (Å²) in [7, 11) is 0. The summed E-state index contributed by atoms with van der Waals surface area (Å²) in [5, 5.41) is 9.45. The number of carbonyl (C=O) groups is 1. The number of nitrogens with one attached hydrogen (secondary N) is 2. The molecule has 2 N–H and O–H groups in total. The van der Waals surface area contributed by atoms with Crippen LogP contribution in [0.15, 0.2) is 11.6 Å². The highest BCUT2D eigenvalue weighted by Gasteiger charge is 2.08. The molecule has 0 saturated carbocycles. The van der Waals surface area contributed by atoms with Crippen LogP contribution in [0.2, 0.25) is 0 Å². The number of amidine groups is 1. The number of carbonyl (C=O) groups excluding carboxylic acids is 1. The Morgan fingerprint density at radius 2 is 2.44 bits per heavy atom. The first-order valence-corrected chi connectivity index (χ1v) is 2.74. The van der Waals surface area contributed by atoms with Crippen LogP contribution in [0.5, 0.6) is 0 Å². The molecular weight excluding hydrogens is 116 g/mol. The largest absolute Gasteiger partial charge is 0.311 e. The fraction of sp³-hybridized carbons (Fsp3) is 0.333. The third-order valence-electron chi connectivity index (χ3n) is 1.11. The number of hydrogen-bond acceptors (Lipinski definition) is 2. The van der Waals surface area contributed by atoms with Crippen LogP contribution < -0.4 is 5.32 Å². The van der Waals surface area contributed by atoms with Gasteiger partial charge in [0.1, 0.15) is 5.84 Å². The lowest BCUT2D eigenvalue weighted by atomic mass is 10.1. The number of amides is 1. The average molecular weight is 124 g/mol. The van der Waals surface area contributed by atoms with E-state index in [1.807, 2.05) is 6.92 Å². The molecule has 1 heterocycles. The SMILES string of the molecule is CC1=CC(=O)NC(=N)C1. The average Bonchev–Trinajstić information content (AvgIpc) is 1.59. The van der Waals surface area contributed by atoms with E-state index in [9.17, 15) is 4.79 Å². The van der Waals surface area contributed by atoms with Crippen molar-refractivity contribution in [3.8, 4) is 0 Å². The van der Waals surface area contributed by atoms with Gasteiger partial charge in [0.15, 0.2) is 0 Å². The van der Waals surface area contributed by atoms with E-state index in [0.29, 0.717) is 12.3 Å². The van der Waals surface area contributed by atoms with Gasteiger partial charge >= 0.3 is 0 Å². The molecule has 0 aromatic rings. The Morgan fingerprint density at radius 3 is 2.89 bits per heavy atom. The molecule has 1 aliphatic heterocycles. The van der Waals surface area contributed by atoms with Crippen molar-refractivity contribution in [2.24, 2.45) is 0 Å². The lowest BCUT2D eigenvalue weighted by Crippen LogP contribution is -2.31. The Balaban J connectivity index is 2.79. The topological polar surface area (TPSA) is 53.0 Å². The van der Waals surface area contributed by atoms with Crippen molar-refractivity contribution < 1.29 is 4.79 Å². The molecule has 0 atom stereocenters. The van der Waals surface area contributed by atoms with Crippen LogP contribution in [0, 0.1) is 5.41 Å². The summed E-state index contributed by atoms with van der Waals surface area (Å²) >= 11 is 0. The third kappa shape index (κ3) is 1.38. The minimum absolute atomic E-state index is 0.177. The zero-order valence-corrected chi connectivity index (χ0v) is 5.19. The van der Waals surface area contributed by atoms with Crippen LogP contribution >= 0.6 is 0 Å². The van der Waals surface area contributed by atoms with Crippen molar-refractivity contribution in [1.29, 1.82) is 5.41 Å². The van der Waals surface area contributed by atoms with Crippen LogP contribution in [0.1, 0.15) is 13.3 Å². The Labute approximate surface area is 53.3 Å². The fourth-order valence-corrected chi connectivity index (χ4v) is 0.783. The predicted molar refractivity (Wildman–Crippen MR) is 34.2 cm³/mol. The van der Waals surface area contributed by atoms with Gasteiger partial charge in [-0.15, -0.1) is 0 Å². The van der Waals surface area contributed by atoms with Gasteiger partial charge in [0, 0.05) is 12.5 Å². The van der Waals surface area contributed by atoms with E-state index in [2.05, 4.69) is 5.32 Å². The Bertz CT molecular complexity index is 193. The first kappa shape index (κ1) is 6.01. The molecule has 0 spiro atoms. The summed E-state index contributed by atoms with van der Waals surface area (Å²) in [6.07, 6.45) is 2.09. The molecule has 0 bridgehead atoms. The Morgan fingerprint density at radius 1 is 1.78 bits per heavy atom. The molecule has 0 aromatic carbocycles. The van der Waals surface area contributed by atoms with Gasteiger partial charge in [0.25, 0.3) is 0 Å². The van der Waals surface area contributed by atoms with Crippen molar-refractivity contribution in [3.63, 3.8) is 0 Å². The first-order chi connectivity index (χ1) is 4.18. The molecule has 48 valence electrons. The lowest BCUT2D eigenvalue weighted by Gasteiger charge is -2.09. The van der Waals surface area contributed by atoms with Crippen molar-refractivity contribution in [2.45, 2.75) is 13.3 Å². The molecule has 0 radical (unpaired) electrons. The zero-order valence-electron chi connectivity index (χ0n) is 5.19. The molecule has 0 unspecified atom stereocenters. The summed E-state index contributed by atoms with van der Waals surface area (Å²) in [6.45, 7) is 1.84. The molecule has 0 aliphatic carbocycles. The van der Waals surface area contributed by atoms with Crippen molar-refractivity contribution in [3.05, 3.63) is 11.6 Å². The molecule has 0 saturated heterocycles. The maximum absolute atomic E-state index is 10.6. The lowest BCUT2D eigenvalue weighted by molar-refractivity contribution is -0.115. The van der Waals surface area contributed by atoms with Gasteiger partial charge in [-0.3, -0.25) is 10.2 Å². The Hall–Kier alpha value is -1.12. The zero-order chi connectivity index (χ0) is 6.85. The minimum atomic E-state index is -0.177. The minimum Gasteiger partial charge on any atom is -0.311 e. The molecule has 0 aromatic heterocycles. The summed E-state index contributed by atoms with van der Waals surface area (Å²) in [5.41, 5.74) is 0.948. The molecule has 3 heteroatoms. The monoisotopic (exact) mass is 124 g/mol. The van der Waals surface area contributed by atoms with Gasteiger partial charge in [-0.25, -0.2) is 0 Å². The van der Waals surface area contributed by atoms with Gasteiger partial charge in [0.2, 0.25) is 5.91 Å². The van der Waals surface area contributed by atoms with Crippen LogP contribution in [0.25, 0.3) is 0 Å². The van der Waals surface area contributed by atoms with E-state index in [4.69, 9.17) is 5.41 Å². The van der Waals surface area contributed by atoms with E-state index in [1.54, 1.807) is 0 Å². The van der Waals surface area contributed by atoms with Crippen LogP contribution in [0.3, 0.4) is 0 Å². The number of hydrogen-bond donors (Lipinski definition) is 2. The molecule has 1 aliphatic rings. The molecule has 0 fully saturated rings. The van der Waals surface area contributed by atoms with Crippen molar-refractivity contribution >= 4 is 11.7 Å². The second-order valence-corrected chi connectivity index (χ2v) is 2.14. The quantitative estimate of drug-likeness (QED) is 0.483. The molecule has 1 amide bonds. The van der Waals surface area contributed by atoms with E-state index in [0.717, 1.165) is 5.57 Å². The second-order valence-electron chi connectivity index (χ2n) is 2.14. The van der Waals surface area contributed by atoms with Crippen LogP contribution in [-0.2, 0) is 4.79 Å². The van der Waals surface area contributed by atoms with Gasteiger partial charge in [-0.1, -0.05) is 5.57 Å². The predicted octanol–water partition coefficient (Wildman–Crippen LogP) is 0.430. The van der Waals surface area contributed by atoms with Crippen LogP contribution in [-0.4, -0.2) is 11.7 Å². The standard InChI is InChI=1S/C6H8N2O/c1-4-2-5(7)8-6(9)3-4/h3H,2H2,1H3,(H2,7,8,9). The summed E-state index contributed by atoms with van der Waals surface area (Å²) in [6, 6.07) is 0. The van der Waals surface area contributed by atoms with Gasteiger partial charge in [-0.05, 0) is 6.92 Å². The van der Waals surface area contributed by atoms with Crippen molar-refractivity contribution in [1.82, 2.24) is 5.32 Å². The van der Waals surface area contributed by atoms with Gasteiger partial charge < -0.3 is 5.32 Å². The second kappa shape index (κ2) is 2.01. The van der Waals surface area contributed by atoms with E-state index in [1.165, 1.54) is 6.08 Å². The van der Waals surface area contributed by atoms with E-state index in [-0.39, 0.29) is 5.91 Å². The van der Waals surface area contributed by atoms with E-state index < -0.39 is 0 Å². The first-order valence-electron chi connectivity index (χ1n) is 2.74. The molecular formula is C6H8N2O. The molecule has 3 nitrogen and oxygen atoms in total. The summed E-state index contributed by atoms with van der Waals surface area (Å²) < 4.78 is 0. The maximum Gasteiger partial charge on any atom is 0.249 e. The highest BCUT2D eigenvalue weighted by molar-refractivity contribution is 6.05. The van der Waals surface area contributed by atoms with Gasteiger partial charge in [0.05, 0.1) is 0 Å². The summed E-state index contributed by atoms with van der Waals surface area (Å²) in [5.74, 6) is 0.115.